The first-order valence-electron chi connectivity index (χ1n) is 8.03. The van der Waals surface area contributed by atoms with E-state index in [1.54, 1.807) is 0 Å². The summed E-state index contributed by atoms with van der Waals surface area (Å²) in [5.41, 5.74) is 0.0788. The number of carboxylic acids is 1. The van der Waals surface area contributed by atoms with Crippen molar-refractivity contribution in [2.75, 3.05) is 19.8 Å². The molecule has 1 heterocycles. The van der Waals surface area contributed by atoms with Crippen LogP contribution in [0.1, 0.15) is 46.0 Å². The van der Waals surface area contributed by atoms with Gasteiger partial charge in [0.2, 0.25) is 5.91 Å². The molecule has 2 rings (SSSR count). The van der Waals surface area contributed by atoms with Crippen molar-refractivity contribution in [3.63, 3.8) is 0 Å². The van der Waals surface area contributed by atoms with Crippen molar-refractivity contribution in [1.82, 2.24) is 5.32 Å². The van der Waals surface area contributed by atoms with Crippen molar-refractivity contribution >= 4 is 11.9 Å². The predicted octanol–water partition coefficient (Wildman–Crippen LogP) is 2.06. The van der Waals surface area contributed by atoms with Gasteiger partial charge in [0, 0.05) is 19.8 Å². The van der Waals surface area contributed by atoms with Gasteiger partial charge in [-0.15, -0.1) is 0 Å². The molecule has 0 aromatic carbocycles. The number of carbonyl (C=O) groups excluding carboxylic acids is 1. The highest BCUT2D eigenvalue weighted by Gasteiger charge is 2.42. The number of nitrogens with one attached hydrogen (secondary N) is 1. The molecule has 0 bridgehead atoms. The fraction of sp³-hybridized carbons (Fsp3) is 0.875. The van der Waals surface area contributed by atoms with Crippen LogP contribution in [-0.4, -0.2) is 36.7 Å². The average molecular weight is 297 g/mol. The molecular weight excluding hydrogens is 270 g/mol. The molecule has 5 nitrogen and oxygen atoms in total. The molecule has 120 valence electrons. The summed E-state index contributed by atoms with van der Waals surface area (Å²) in [6.45, 7) is 6.33. The molecule has 1 aliphatic heterocycles. The Morgan fingerprint density at radius 1 is 1.24 bits per heavy atom. The fourth-order valence-corrected chi connectivity index (χ4v) is 3.51. The number of ether oxygens (including phenoxy) is 1. The van der Waals surface area contributed by atoms with Crippen LogP contribution in [0.3, 0.4) is 0 Å². The maximum atomic E-state index is 12.4. The topological polar surface area (TPSA) is 75.6 Å². The van der Waals surface area contributed by atoms with Gasteiger partial charge in [-0.2, -0.15) is 0 Å². The van der Waals surface area contributed by atoms with Gasteiger partial charge in [0.1, 0.15) is 0 Å². The lowest BCUT2D eigenvalue weighted by Gasteiger charge is -2.34. The van der Waals surface area contributed by atoms with E-state index < -0.39 is 11.9 Å². The lowest BCUT2D eigenvalue weighted by Crippen LogP contribution is -2.43. The highest BCUT2D eigenvalue weighted by molar-refractivity contribution is 5.85. The summed E-state index contributed by atoms with van der Waals surface area (Å²) in [7, 11) is 0. The molecule has 1 saturated heterocycles. The summed E-state index contributed by atoms with van der Waals surface area (Å²) in [4.78, 5) is 23.8. The highest BCUT2D eigenvalue weighted by Crippen LogP contribution is 2.38. The molecule has 0 aromatic heterocycles. The van der Waals surface area contributed by atoms with Crippen molar-refractivity contribution in [1.29, 1.82) is 0 Å². The largest absolute Gasteiger partial charge is 0.481 e. The standard InChI is InChI=1S/C16H27NO4/c1-3-11-8-12(13(9-11)15(19)20)14(18)17-10-16(2)4-6-21-7-5-16/h11-13H,3-10H2,1-2H3,(H,17,18)(H,19,20)/t11?,12-,13+/m0/s1. The van der Waals surface area contributed by atoms with Crippen LogP contribution in [0.5, 0.6) is 0 Å². The zero-order valence-electron chi connectivity index (χ0n) is 13.1. The lowest BCUT2D eigenvalue weighted by molar-refractivity contribution is -0.146. The Morgan fingerprint density at radius 2 is 1.86 bits per heavy atom. The third-order valence-corrected chi connectivity index (χ3v) is 5.28. The summed E-state index contributed by atoms with van der Waals surface area (Å²) in [5.74, 6) is -1.43. The first-order chi connectivity index (χ1) is 9.95. The summed E-state index contributed by atoms with van der Waals surface area (Å²) in [6.07, 6.45) is 4.17. The van der Waals surface area contributed by atoms with Gasteiger partial charge in [-0.05, 0) is 37.0 Å². The van der Waals surface area contributed by atoms with E-state index in [-0.39, 0.29) is 17.2 Å². The van der Waals surface area contributed by atoms with Gasteiger partial charge in [-0.1, -0.05) is 20.3 Å². The van der Waals surface area contributed by atoms with E-state index in [0.29, 0.717) is 25.3 Å². The molecule has 0 radical (unpaired) electrons. The van der Waals surface area contributed by atoms with Crippen LogP contribution in [0.25, 0.3) is 0 Å². The fourth-order valence-electron chi connectivity index (χ4n) is 3.51. The maximum absolute atomic E-state index is 12.4. The molecule has 1 saturated carbocycles. The van der Waals surface area contributed by atoms with E-state index in [1.807, 2.05) is 0 Å². The van der Waals surface area contributed by atoms with Gasteiger partial charge >= 0.3 is 5.97 Å². The quantitative estimate of drug-likeness (QED) is 0.814. The van der Waals surface area contributed by atoms with Crippen molar-refractivity contribution in [2.24, 2.45) is 23.2 Å². The van der Waals surface area contributed by atoms with Crippen LogP contribution in [-0.2, 0) is 14.3 Å². The van der Waals surface area contributed by atoms with Gasteiger partial charge in [-0.25, -0.2) is 0 Å². The van der Waals surface area contributed by atoms with Crippen LogP contribution in [0, 0.1) is 23.2 Å². The summed E-state index contributed by atoms with van der Waals surface area (Å²) < 4.78 is 5.36. The minimum absolute atomic E-state index is 0.0777. The van der Waals surface area contributed by atoms with Crippen molar-refractivity contribution in [3.8, 4) is 0 Å². The van der Waals surface area contributed by atoms with E-state index in [1.165, 1.54) is 0 Å². The van der Waals surface area contributed by atoms with Gasteiger partial charge < -0.3 is 15.2 Å². The van der Waals surface area contributed by atoms with Gasteiger partial charge in [0.15, 0.2) is 0 Å². The number of rotatable bonds is 5. The Kier molecular flexibility index (Phi) is 5.25. The summed E-state index contributed by atoms with van der Waals surface area (Å²) in [6, 6.07) is 0. The van der Waals surface area contributed by atoms with Crippen LogP contribution < -0.4 is 5.32 Å². The second-order valence-corrected chi connectivity index (χ2v) is 6.94. The first kappa shape index (κ1) is 16.3. The lowest BCUT2D eigenvalue weighted by atomic mass is 9.82. The molecular formula is C16H27NO4. The second kappa shape index (κ2) is 6.77. The van der Waals surface area contributed by atoms with E-state index in [4.69, 9.17) is 4.74 Å². The second-order valence-electron chi connectivity index (χ2n) is 6.94. The molecule has 3 atom stereocenters. The third kappa shape index (κ3) is 3.96. The molecule has 0 aromatic rings. The number of carboxylic acid groups (broad SMARTS) is 1. The Bertz CT molecular complexity index is 390. The van der Waals surface area contributed by atoms with E-state index in [9.17, 15) is 14.7 Å². The van der Waals surface area contributed by atoms with Crippen molar-refractivity contribution in [2.45, 2.75) is 46.0 Å². The zero-order valence-corrected chi connectivity index (χ0v) is 13.1. The molecule has 0 spiro atoms. The van der Waals surface area contributed by atoms with E-state index in [0.717, 1.165) is 32.5 Å². The maximum Gasteiger partial charge on any atom is 0.307 e. The molecule has 1 unspecified atom stereocenters. The average Bonchev–Trinajstić information content (AvgIpc) is 2.90. The molecule has 1 amide bonds. The third-order valence-electron chi connectivity index (χ3n) is 5.28. The van der Waals surface area contributed by atoms with Crippen molar-refractivity contribution in [3.05, 3.63) is 0 Å². The van der Waals surface area contributed by atoms with Crippen LogP contribution in [0.4, 0.5) is 0 Å². The predicted molar refractivity (Wildman–Crippen MR) is 78.8 cm³/mol. The first-order valence-corrected chi connectivity index (χ1v) is 8.03. The molecule has 5 heteroatoms. The molecule has 2 aliphatic rings. The summed E-state index contributed by atoms with van der Waals surface area (Å²) in [5, 5.41) is 12.3. The minimum Gasteiger partial charge on any atom is -0.481 e. The smallest absolute Gasteiger partial charge is 0.307 e. The molecule has 1 aliphatic carbocycles. The Morgan fingerprint density at radius 3 is 2.43 bits per heavy atom. The number of carbonyl (C=O) groups is 2. The van der Waals surface area contributed by atoms with Gasteiger partial charge in [0.25, 0.3) is 0 Å². The summed E-state index contributed by atoms with van der Waals surface area (Å²) >= 11 is 0. The number of hydrogen-bond acceptors (Lipinski definition) is 3. The van der Waals surface area contributed by atoms with Gasteiger partial charge in [-0.3, -0.25) is 9.59 Å². The normalized spacial score (nSPS) is 31.8. The molecule has 2 N–H and O–H groups in total. The monoisotopic (exact) mass is 297 g/mol. The van der Waals surface area contributed by atoms with Gasteiger partial charge in [0.05, 0.1) is 11.8 Å². The molecule has 2 fully saturated rings. The zero-order chi connectivity index (χ0) is 15.5. The Balaban J connectivity index is 1.91. The van der Waals surface area contributed by atoms with Crippen LogP contribution in [0.15, 0.2) is 0 Å². The van der Waals surface area contributed by atoms with E-state index in [2.05, 4.69) is 19.2 Å². The van der Waals surface area contributed by atoms with Crippen molar-refractivity contribution < 1.29 is 19.4 Å². The van der Waals surface area contributed by atoms with Crippen LogP contribution in [0.2, 0.25) is 0 Å². The number of hydrogen-bond donors (Lipinski definition) is 2. The highest BCUT2D eigenvalue weighted by atomic mass is 16.5. The molecule has 21 heavy (non-hydrogen) atoms. The minimum atomic E-state index is -0.830. The number of aliphatic carboxylic acids is 1. The Labute approximate surface area is 126 Å². The Hall–Kier alpha value is -1.10. The number of amides is 1. The van der Waals surface area contributed by atoms with E-state index >= 15 is 0 Å². The van der Waals surface area contributed by atoms with Crippen LogP contribution >= 0.6 is 0 Å². The SMILES string of the molecule is CCC1C[C@H](C(=O)NCC2(C)CCOCC2)[C@H](C(=O)O)C1.